The molecule has 1 rings (SSSR count). The second kappa shape index (κ2) is 4.40. The van der Waals surface area contributed by atoms with Gasteiger partial charge in [-0.2, -0.15) is 13.2 Å². The molecule has 0 aliphatic heterocycles. The van der Waals surface area contributed by atoms with Gasteiger partial charge in [0.25, 0.3) is 0 Å². The lowest BCUT2D eigenvalue weighted by Gasteiger charge is -2.09. The van der Waals surface area contributed by atoms with Gasteiger partial charge in [-0.25, -0.2) is 0 Å². The van der Waals surface area contributed by atoms with Crippen LogP contribution in [0.3, 0.4) is 0 Å². The molecule has 0 aliphatic carbocycles. The first kappa shape index (κ1) is 12.3. The normalized spacial score (nSPS) is 11.3. The van der Waals surface area contributed by atoms with Gasteiger partial charge in [-0.15, -0.1) is 0 Å². The first-order valence-corrected chi connectivity index (χ1v) is 4.81. The SMILES string of the molecule is O=C(Nc1ccc(Br)cc1Cl)C(F)(F)F. The van der Waals surface area contributed by atoms with Crippen molar-refractivity contribution in [2.45, 2.75) is 6.18 Å². The van der Waals surface area contributed by atoms with E-state index in [1.807, 2.05) is 0 Å². The first-order valence-electron chi connectivity index (χ1n) is 3.64. The zero-order valence-electron chi connectivity index (χ0n) is 7.03. The predicted molar refractivity (Wildman–Crippen MR) is 53.8 cm³/mol. The molecule has 0 saturated carbocycles. The second-order valence-corrected chi connectivity index (χ2v) is 3.90. The molecule has 1 aromatic carbocycles. The Balaban J connectivity index is 2.87. The van der Waals surface area contributed by atoms with Gasteiger partial charge in [0.15, 0.2) is 0 Å². The second-order valence-electron chi connectivity index (χ2n) is 2.58. The van der Waals surface area contributed by atoms with Crippen LogP contribution in [0.2, 0.25) is 5.02 Å². The number of alkyl halides is 3. The lowest BCUT2D eigenvalue weighted by Crippen LogP contribution is -2.30. The molecule has 82 valence electrons. The Hall–Kier alpha value is -0.750. The zero-order chi connectivity index (χ0) is 11.6. The van der Waals surface area contributed by atoms with Crippen LogP contribution >= 0.6 is 27.5 Å². The number of anilines is 1. The van der Waals surface area contributed by atoms with Crippen molar-refractivity contribution in [3.63, 3.8) is 0 Å². The maximum Gasteiger partial charge on any atom is 0.471 e. The molecule has 0 bridgehead atoms. The van der Waals surface area contributed by atoms with E-state index in [2.05, 4.69) is 15.9 Å². The van der Waals surface area contributed by atoms with Crippen molar-refractivity contribution in [1.29, 1.82) is 0 Å². The first-order chi connectivity index (χ1) is 6.80. The van der Waals surface area contributed by atoms with Crippen LogP contribution in [0.5, 0.6) is 0 Å². The van der Waals surface area contributed by atoms with Crippen LogP contribution in [0.1, 0.15) is 0 Å². The van der Waals surface area contributed by atoms with Gasteiger partial charge >= 0.3 is 12.1 Å². The molecule has 1 N–H and O–H groups in total. The molecule has 0 saturated heterocycles. The Morgan fingerprint density at radius 2 is 2.00 bits per heavy atom. The van der Waals surface area contributed by atoms with Crippen LogP contribution in [0, 0.1) is 0 Å². The van der Waals surface area contributed by atoms with Crippen LogP contribution in [0.4, 0.5) is 18.9 Å². The number of halogens is 5. The molecular formula is C8H4BrClF3NO. The molecule has 2 nitrogen and oxygen atoms in total. The van der Waals surface area contributed by atoms with Gasteiger partial charge < -0.3 is 5.32 Å². The van der Waals surface area contributed by atoms with E-state index in [4.69, 9.17) is 11.6 Å². The van der Waals surface area contributed by atoms with Crippen molar-refractivity contribution < 1.29 is 18.0 Å². The minimum atomic E-state index is -4.92. The van der Waals surface area contributed by atoms with Crippen LogP contribution in [0.25, 0.3) is 0 Å². The summed E-state index contributed by atoms with van der Waals surface area (Å²) in [5, 5.41) is 1.69. The number of benzene rings is 1. The highest BCUT2D eigenvalue weighted by atomic mass is 79.9. The van der Waals surface area contributed by atoms with Crippen molar-refractivity contribution >= 4 is 39.1 Å². The fourth-order valence-electron chi connectivity index (χ4n) is 0.784. The molecule has 0 heterocycles. The number of nitrogens with one attached hydrogen (secondary N) is 1. The number of amides is 1. The molecule has 7 heteroatoms. The van der Waals surface area contributed by atoms with Crippen molar-refractivity contribution in [2.75, 3.05) is 5.32 Å². The fourth-order valence-corrected chi connectivity index (χ4v) is 1.50. The molecular weight excluding hydrogens is 298 g/mol. The number of carbonyl (C=O) groups is 1. The average Bonchev–Trinajstić information content (AvgIpc) is 2.08. The zero-order valence-corrected chi connectivity index (χ0v) is 9.37. The van der Waals surface area contributed by atoms with E-state index in [-0.39, 0.29) is 10.7 Å². The minimum absolute atomic E-state index is 0.0296. The summed E-state index contributed by atoms with van der Waals surface area (Å²) < 4.78 is 36.3. The van der Waals surface area contributed by atoms with Gasteiger partial charge in [-0.05, 0) is 18.2 Å². The van der Waals surface area contributed by atoms with Gasteiger partial charge in [-0.1, -0.05) is 27.5 Å². The summed E-state index contributed by atoms with van der Waals surface area (Å²) in [6.45, 7) is 0. The van der Waals surface area contributed by atoms with E-state index in [1.54, 1.807) is 5.32 Å². The predicted octanol–water partition coefficient (Wildman–Crippen LogP) is 3.60. The minimum Gasteiger partial charge on any atom is -0.317 e. The number of rotatable bonds is 1. The summed E-state index contributed by atoms with van der Waals surface area (Å²) in [5.74, 6) is -2.05. The molecule has 0 aromatic heterocycles. The summed E-state index contributed by atoms with van der Waals surface area (Å²) in [7, 11) is 0. The Morgan fingerprint density at radius 3 is 2.47 bits per heavy atom. The van der Waals surface area contributed by atoms with Crippen molar-refractivity contribution in [3.05, 3.63) is 27.7 Å². The average molecular weight is 302 g/mol. The van der Waals surface area contributed by atoms with E-state index >= 15 is 0 Å². The number of carbonyl (C=O) groups excluding carboxylic acids is 1. The topological polar surface area (TPSA) is 29.1 Å². The van der Waals surface area contributed by atoms with E-state index in [0.29, 0.717) is 4.47 Å². The summed E-state index contributed by atoms with van der Waals surface area (Å²) in [6, 6.07) is 4.13. The third-order valence-corrected chi connectivity index (χ3v) is 2.24. The lowest BCUT2D eigenvalue weighted by atomic mass is 10.3. The van der Waals surface area contributed by atoms with Gasteiger partial charge in [0.2, 0.25) is 0 Å². The third-order valence-electron chi connectivity index (χ3n) is 1.44. The maximum absolute atomic E-state index is 11.9. The highest BCUT2D eigenvalue weighted by Gasteiger charge is 2.38. The smallest absolute Gasteiger partial charge is 0.317 e. The highest BCUT2D eigenvalue weighted by molar-refractivity contribution is 9.10. The molecule has 1 amide bonds. The molecule has 0 spiro atoms. The Labute approximate surface area is 96.5 Å². The molecule has 1 aromatic rings. The number of hydrogen-bond acceptors (Lipinski definition) is 1. The largest absolute Gasteiger partial charge is 0.471 e. The molecule has 0 fully saturated rings. The molecule has 0 radical (unpaired) electrons. The van der Waals surface area contributed by atoms with Gasteiger partial charge in [0.05, 0.1) is 10.7 Å². The van der Waals surface area contributed by atoms with Crippen LogP contribution in [0.15, 0.2) is 22.7 Å². The quantitative estimate of drug-likeness (QED) is 0.843. The maximum atomic E-state index is 11.9. The molecule has 0 atom stereocenters. The molecule has 0 unspecified atom stereocenters. The van der Waals surface area contributed by atoms with E-state index in [0.717, 1.165) is 0 Å². The summed E-state index contributed by atoms with van der Waals surface area (Å²) in [6.07, 6.45) is -4.92. The summed E-state index contributed by atoms with van der Waals surface area (Å²) >= 11 is 8.69. The van der Waals surface area contributed by atoms with E-state index in [9.17, 15) is 18.0 Å². The molecule has 15 heavy (non-hydrogen) atoms. The Kier molecular flexibility index (Phi) is 3.62. The van der Waals surface area contributed by atoms with Crippen molar-refractivity contribution in [2.24, 2.45) is 0 Å². The van der Waals surface area contributed by atoms with E-state index in [1.165, 1.54) is 18.2 Å². The van der Waals surface area contributed by atoms with Crippen LogP contribution in [-0.4, -0.2) is 12.1 Å². The Morgan fingerprint density at radius 1 is 1.40 bits per heavy atom. The molecule has 0 aliphatic rings. The van der Waals surface area contributed by atoms with Crippen molar-refractivity contribution in [1.82, 2.24) is 0 Å². The van der Waals surface area contributed by atoms with Gasteiger partial charge in [-0.3, -0.25) is 4.79 Å². The third kappa shape index (κ3) is 3.39. The Bertz CT molecular complexity index is 394. The lowest BCUT2D eigenvalue weighted by molar-refractivity contribution is -0.167. The van der Waals surface area contributed by atoms with Crippen LogP contribution in [-0.2, 0) is 4.79 Å². The van der Waals surface area contributed by atoms with Crippen LogP contribution < -0.4 is 5.32 Å². The highest BCUT2D eigenvalue weighted by Crippen LogP contribution is 2.27. The fraction of sp³-hybridized carbons (Fsp3) is 0.125. The van der Waals surface area contributed by atoms with E-state index < -0.39 is 12.1 Å². The summed E-state index contributed by atoms with van der Waals surface area (Å²) in [4.78, 5) is 10.6. The number of hydrogen-bond donors (Lipinski definition) is 1. The van der Waals surface area contributed by atoms with Crippen molar-refractivity contribution in [3.8, 4) is 0 Å². The van der Waals surface area contributed by atoms with Gasteiger partial charge in [0, 0.05) is 4.47 Å². The summed E-state index contributed by atoms with van der Waals surface area (Å²) in [5.41, 5.74) is -0.0813. The standard InChI is InChI=1S/C8H4BrClF3NO/c9-4-1-2-6(5(10)3-4)14-7(15)8(11,12)13/h1-3H,(H,14,15). The monoisotopic (exact) mass is 301 g/mol. The van der Waals surface area contributed by atoms with Gasteiger partial charge in [0.1, 0.15) is 0 Å².